The molecule has 0 atom stereocenters. The van der Waals surface area contributed by atoms with E-state index in [1.165, 1.54) is 12.3 Å². The highest BCUT2D eigenvalue weighted by Gasteiger charge is 2.26. The number of rotatable bonds is 6. The van der Waals surface area contributed by atoms with Gasteiger partial charge in [0.05, 0.1) is 7.11 Å². The molecular formula is C13H12F2N4O6S2. The van der Waals surface area contributed by atoms with E-state index in [1.54, 1.807) is 4.72 Å². The summed E-state index contributed by atoms with van der Waals surface area (Å²) in [6.45, 7) is -1.72. The number of alkyl halides is 2. The van der Waals surface area contributed by atoms with Gasteiger partial charge in [-0.05, 0) is 18.4 Å². The number of nitrogens with one attached hydrogen (secondary N) is 2. The number of carbonyl (C=O) groups is 2. The number of ether oxygens (including phenoxy) is 2. The summed E-state index contributed by atoms with van der Waals surface area (Å²) >= 11 is 0.812. The van der Waals surface area contributed by atoms with E-state index in [9.17, 15) is 26.8 Å². The molecule has 10 nitrogen and oxygen atoms in total. The summed E-state index contributed by atoms with van der Waals surface area (Å²) in [5.74, 6) is -1.86. The standard InChI is InChI=1S/C13H12F2N4O6S2/c1-6-5-8(25-11(14)15)17-12(16-6)18-13(21)19-27(22,23)7-3-4-26-9(7)10(20)24-2/h3-5,11H,1-2H3,(H2,16,17,18,19,21). The summed E-state index contributed by atoms with van der Waals surface area (Å²) in [4.78, 5) is 30.1. The first-order valence-electron chi connectivity index (χ1n) is 6.92. The van der Waals surface area contributed by atoms with Gasteiger partial charge in [0.1, 0.15) is 9.77 Å². The van der Waals surface area contributed by atoms with Crippen LogP contribution in [0.4, 0.5) is 19.5 Å². The van der Waals surface area contributed by atoms with Gasteiger partial charge in [0, 0.05) is 11.8 Å². The molecule has 27 heavy (non-hydrogen) atoms. The molecule has 0 aliphatic heterocycles. The van der Waals surface area contributed by atoms with Crippen molar-refractivity contribution in [2.75, 3.05) is 12.4 Å². The lowest BCUT2D eigenvalue weighted by Gasteiger charge is -2.09. The fourth-order valence-electron chi connectivity index (χ4n) is 1.80. The van der Waals surface area contributed by atoms with E-state index >= 15 is 0 Å². The highest BCUT2D eigenvalue weighted by molar-refractivity contribution is 7.90. The number of methoxy groups -OCH3 is 1. The Morgan fingerprint density at radius 1 is 1.30 bits per heavy atom. The van der Waals surface area contributed by atoms with E-state index in [0.29, 0.717) is 0 Å². The number of carbonyl (C=O) groups excluding carboxylic acids is 2. The quantitative estimate of drug-likeness (QED) is 0.672. The molecule has 2 amide bonds. The van der Waals surface area contributed by atoms with Crippen molar-refractivity contribution >= 4 is 39.3 Å². The topological polar surface area (TPSA) is 137 Å². The zero-order valence-electron chi connectivity index (χ0n) is 13.7. The normalized spacial score (nSPS) is 11.1. The zero-order chi connectivity index (χ0) is 20.2. The number of anilines is 1. The van der Waals surface area contributed by atoms with Crippen molar-refractivity contribution in [2.24, 2.45) is 0 Å². The van der Waals surface area contributed by atoms with Crippen LogP contribution in [0.3, 0.4) is 0 Å². The molecule has 2 rings (SSSR count). The summed E-state index contributed by atoms with van der Waals surface area (Å²) in [6.07, 6.45) is 0. The fourth-order valence-corrected chi connectivity index (χ4v) is 4.05. The molecule has 146 valence electrons. The first-order valence-corrected chi connectivity index (χ1v) is 9.28. The van der Waals surface area contributed by atoms with Gasteiger partial charge in [0.2, 0.25) is 11.8 Å². The maximum atomic E-state index is 12.3. The molecule has 0 saturated carbocycles. The predicted octanol–water partition coefficient (Wildman–Crippen LogP) is 1.74. The van der Waals surface area contributed by atoms with Crippen LogP contribution < -0.4 is 14.8 Å². The lowest BCUT2D eigenvalue weighted by atomic mass is 10.4. The van der Waals surface area contributed by atoms with Crippen LogP contribution in [0.25, 0.3) is 0 Å². The molecule has 14 heteroatoms. The van der Waals surface area contributed by atoms with Gasteiger partial charge in [0.25, 0.3) is 10.0 Å². The summed E-state index contributed by atoms with van der Waals surface area (Å²) in [6, 6.07) is 0.940. The van der Waals surface area contributed by atoms with Gasteiger partial charge in [-0.1, -0.05) is 0 Å². The minimum Gasteiger partial charge on any atom is -0.465 e. The summed E-state index contributed by atoms with van der Waals surface area (Å²) < 4.78 is 59.3. The van der Waals surface area contributed by atoms with Crippen LogP contribution in [0.2, 0.25) is 0 Å². The summed E-state index contributed by atoms with van der Waals surface area (Å²) in [5.41, 5.74) is 0.185. The van der Waals surface area contributed by atoms with E-state index in [0.717, 1.165) is 30.6 Å². The molecule has 2 aromatic rings. The van der Waals surface area contributed by atoms with Crippen LogP contribution in [-0.2, 0) is 14.8 Å². The third kappa shape index (κ3) is 5.30. The van der Waals surface area contributed by atoms with Crippen molar-refractivity contribution in [3.05, 3.63) is 28.1 Å². The molecule has 0 saturated heterocycles. The number of aryl methyl sites for hydroxylation is 1. The minimum absolute atomic E-state index is 0.185. The second-order valence-electron chi connectivity index (χ2n) is 4.71. The number of thiophene rings is 1. The van der Waals surface area contributed by atoms with Crippen LogP contribution in [-0.4, -0.2) is 44.1 Å². The molecular weight excluding hydrogens is 410 g/mol. The largest absolute Gasteiger partial charge is 0.465 e. The highest BCUT2D eigenvalue weighted by atomic mass is 32.2. The number of hydrogen-bond donors (Lipinski definition) is 2. The number of amides is 2. The zero-order valence-corrected chi connectivity index (χ0v) is 15.4. The van der Waals surface area contributed by atoms with Gasteiger partial charge >= 0.3 is 18.6 Å². The molecule has 0 aliphatic rings. The maximum Gasteiger partial charge on any atom is 0.388 e. The average Bonchev–Trinajstić information content (AvgIpc) is 3.02. The Labute approximate surface area is 155 Å². The highest BCUT2D eigenvalue weighted by Crippen LogP contribution is 2.22. The lowest BCUT2D eigenvalue weighted by Crippen LogP contribution is -2.35. The molecule has 0 spiro atoms. The first-order chi connectivity index (χ1) is 12.6. The van der Waals surface area contributed by atoms with Gasteiger partial charge in [-0.2, -0.15) is 13.8 Å². The van der Waals surface area contributed by atoms with E-state index in [4.69, 9.17) is 0 Å². The van der Waals surface area contributed by atoms with E-state index in [1.807, 2.05) is 5.32 Å². The second kappa shape index (κ2) is 8.22. The number of sulfonamides is 1. The van der Waals surface area contributed by atoms with Crippen molar-refractivity contribution in [1.29, 1.82) is 0 Å². The second-order valence-corrected chi connectivity index (χ2v) is 7.28. The third-order valence-corrected chi connectivity index (χ3v) is 5.18. The molecule has 2 N–H and O–H groups in total. The van der Waals surface area contributed by atoms with Crippen LogP contribution in [0.1, 0.15) is 15.4 Å². The Kier molecular flexibility index (Phi) is 6.22. The van der Waals surface area contributed by atoms with E-state index in [2.05, 4.69) is 19.4 Å². The Morgan fingerprint density at radius 3 is 2.63 bits per heavy atom. The summed E-state index contributed by atoms with van der Waals surface area (Å²) in [7, 11) is -3.34. The molecule has 0 bridgehead atoms. The van der Waals surface area contributed by atoms with Crippen LogP contribution >= 0.6 is 11.3 Å². The van der Waals surface area contributed by atoms with Crippen molar-refractivity contribution < 1.29 is 36.3 Å². The first kappa shape index (κ1) is 20.4. The number of aromatic nitrogens is 2. The number of halogens is 2. The number of nitrogens with zero attached hydrogens (tertiary/aromatic N) is 2. The van der Waals surface area contributed by atoms with Crippen molar-refractivity contribution in [2.45, 2.75) is 18.4 Å². The maximum absolute atomic E-state index is 12.3. The number of urea groups is 1. The van der Waals surface area contributed by atoms with Crippen LogP contribution in [0.15, 0.2) is 22.4 Å². The van der Waals surface area contributed by atoms with Crippen molar-refractivity contribution in [1.82, 2.24) is 14.7 Å². The fraction of sp³-hybridized carbons (Fsp3) is 0.231. The van der Waals surface area contributed by atoms with Gasteiger partial charge in [-0.25, -0.2) is 27.7 Å². The van der Waals surface area contributed by atoms with Crippen LogP contribution in [0, 0.1) is 6.92 Å². The lowest BCUT2D eigenvalue weighted by molar-refractivity contribution is -0.0528. The Morgan fingerprint density at radius 2 is 2.00 bits per heavy atom. The molecule has 2 aromatic heterocycles. The molecule has 0 unspecified atom stereocenters. The van der Waals surface area contributed by atoms with Gasteiger partial charge in [-0.3, -0.25) is 5.32 Å². The van der Waals surface area contributed by atoms with Gasteiger partial charge in [-0.15, -0.1) is 11.3 Å². The SMILES string of the molecule is COC(=O)c1sccc1S(=O)(=O)NC(=O)Nc1nc(C)cc(OC(F)F)n1. The minimum atomic E-state index is -4.42. The Hall–Kier alpha value is -2.87. The van der Waals surface area contributed by atoms with Gasteiger partial charge in [0.15, 0.2) is 0 Å². The molecule has 0 radical (unpaired) electrons. The average molecular weight is 422 g/mol. The predicted molar refractivity (Wildman–Crippen MR) is 88.4 cm³/mol. The molecule has 0 fully saturated rings. The molecule has 0 aliphatic carbocycles. The van der Waals surface area contributed by atoms with E-state index < -0.39 is 45.4 Å². The van der Waals surface area contributed by atoms with Crippen molar-refractivity contribution in [3.63, 3.8) is 0 Å². The Balaban J connectivity index is 2.17. The van der Waals surface area contributed by atoms with Crippen molar-refractivity contribution in [3.8, 4) is 5.88 Å². The smallest absolute Gasteiger partial charge is 0.388 e. The number of hydrogen-bond acceptors (Lipinski definition) is 9. The molecule has 2 heterocycles. The van der Waals surface area contributed by atoms with E-state index in [-0.39, 0.29) is 10.6 Å². The molecule has 0 aromatic carbocycles. The summed E-state index contributed by atoms with van der Waals surface area (Å²) in [5, 5.41) is 3.32. The Bertz CT molecular complexity index is 963. The number of esters is 1. The van der Waals surface area contributed by atoms with Crippen LogP contribution in [0.5, 0.6) is 5.88 Å². The van der Waals surface area contributed by atoms with Gasteiger partial charge < -0.3 is 9.47 Å². The monoisotopic (exact) mass is 422 g/mol. The third-order valence-electron chi connectivity index (χ3n) is 2.78.